The van der Waals surface area contributed by atoms with Crippen molar-refractivity contribution in [2.24, 2.45) is 11.3 Å². The number of nitrogens with zero attached hydrogens (tertiary/aromatic N) is 1. The van der Waals surface area contributed by atoms with E-state index in [2.05, 4.69) is 33.0 Å². The normalized spacial score (nSPS) is 21.4. The van der Waals surface area contributed by atoms with E-state index < -0.39 is 0 Å². The molecule has 2 unspecified atom stereocenters. The van der Waals surface area contributed by atoms with Crippen LogP contribution in [0.5, 0.6) is 0 Å². The molecule has 4 nitrogen and oxygen atoms in total. The highest BCUT2D eigenvalue weighted by Gasteiger charge is 2.26. The van der Waals surface area contributed by atoms with Crippen molar-refractivity contribution in [1.82, 2.24) is 10.2 Å². The Bertz CT molecular complexity index is 280. The van der Waals surface area contributed by atoms with Crippen LogP contribution in [0.25, 0.3) is 0 Å². The monoisotopic (exact) mass is 270 g/mol. The number of carbonyl (C=O) groups is 1. The van der Waals surface area contributed by atoms with Crippen molar-refractivity contribution in [3.8, 4) is 0 Å². The van der Waals surface area contributed by atoms with Crippen molar-refractivity contribution >= 4 is 5.91 Å². The van der Waals surface area contributed by atoms with Crippen LogP contribution in [0.4, 0.5) is 0 Å². The lowest BCUT2D eigenvalue weighted by Gasteiger charge is -2.31. The summed E-state index contributed by atoms with van der Waals surface area (Å²) in [5.74, 6) is 0.517. The minimum absolute atomic E-state index is 0.0440. The molecule has 2 N–H and O–H groups in total. The Kier molecular flexibility index (Phi) is 6.27. The zero-order valence-corrected chi connectivity index (χ0v) is 12.9. The molecule has 1 rings (SSSR count). The van der Waals surface area contributed by atoms with Crippen LogP contribution in [0.3, 0.4) is 0 Å². The molecule has 0 bridgehead atoms. The molecular weight excluding hydrogens is 240 g/mol. The lowest BCUT2D eigenvalue weighted by molar-refractivity contribution is -0.133. The van der Waals surface area contributed by atoms with E-state index in [1.54, 1.807) is 0 Å². The molecule has 19 heavy (non-hydrogen) atoms. The van der Waals surface area contributed by atoms with Gasteiger partial charge in [0.05, 0.1) is 6.61 Å². The van der Waals surface area contributed by atoms with Crippen molar-refractivity contribution in [2.75, 3.05) is 26.2 Å². The molecule has 0 saturated carbocycles. The van der Waals surface area contributed by atoms with Crippen LogP contribution in [0, 0.1) is 11.3 Å². The van der Waals surface area contributed by atoms with Crippen molar-refractivity contribution in [2.45, 2.75) is 53.0 Å². The number of hydrogen-bond acceptors (Lipinski definition) is 3. The maximum atomic E-state index is 12.4. The molecule has 1 saturated heterocycles. The lowest BCUT2D eigenvalue weighted by Crippen LogP contribution is -2.43. The second kappa shape index (κ2) is 7.25. The summed E-state index contributed by atoms with van der Waals surface area (Å²) in [6.45, 7) is 10.9. The molecule has 1 fully saturated rings. The van der Waals surface area contributed by atoms with Crippen LogP contribution >= 0.6 is 0 Å². The molecule has 0 spiro atoms. The van der Waals surface area contributed by atoms with E-state index in [1.165, 1.54) is 6.42 Å². The Morgan fingerprint density at radius 3 is 2.63 bits per heavy atom. The highest BCUT2D eigenvalue weighted by Crippen LogP contribution is 2.28. The molecule has 0 aromatic carbocycles. The number of carbonyl (C=O) groups excluding carboxylic acids is 1. The summed E-state index contributed by atoms with van der Waals surface area (Å²) in [6, 6.07) is 0.403. The zero-order valence-electron chi connectivity index (χ0n) is 12.9. The van der Waals surface area contributed by atoms with E-state index in [4.69, 9.17) is 5.11 Å². The summed E-state index contributed by atoms with van der Waals surface area (Å²) in [4.78, 5) is 14.2. The predicted molar refractivity (Wildman–Crippen MR) is 77.9 cm³/mol. The molecule has 0 aromatic heterocycles. The number of aliphatic hydroxyl groups excluding tert-OH is 1. The number of hydrogen-bond donors (Lipinski definition) is 2. The molecule has 2 atom stereocenters. The van der Waals surface area contributed by atoms with Crippen LogP contribution in [0.2, 0.25) is 0 Å². The van der Waals surface area contributed by atoms with E-state index in [1.807, 2.05) is 4.90 Å². The van der Waals surface area contributed by atoms with Gasteiger partial charge in [-0.2, -0.15) is 0 Å². The first kappa shape index (κ1) is 16.4. The topological polar surface area (TPSA) is 52.6 Å². The summed E-state index contributed by atoms with van der Waals surface area (Å²) in [5.41, 5.74) is 0.145. The number of nitrogens with one attached hydrogen (secondary N) is 1. The minimum atomic E-state index is 0.0440. The third-order valence-corrected chi connectivity index (χ3v) is 4.28. The number of rotatable bonds is 6. The summed E-state index contributed by atoms with van der Waals surface area (Å²) >= 11 is 0. The Labute approximate surface area is 117 Å². The van der Waals surface area contributed by atoms with Gasteiger partial charge in [0.1, 0.15) is 0 Å². The highest BCUT2D eigenvalue weighted by atomic mass is 16.3. The average molecular weight is 270 g/mol. The first-order chi connectivity index (χ1) is 8.84. The summed E-state index contributed by atoms with van der Waals surface area (Å²) in [5, 5.41) is 12.5. The maximum absolute atomic E-state index is 12.4. The molecule has 4 heteroatoms. The standard InChI is InChI=1S/C15H30N2O2/c1-12(15(2,3)4)10-14(19)17(8-9-18)11-13-6-5-7-16-13/h12-13,16,18H,5-11H2,1-4H3. The summed E-state index contributed by atoms with van der Waals surface area (Å²) in [7, 11) is 0. The lowest BCUT2D eigenvalue weighted by atomic mass is 9.80. The largest absolute Gasteiger partial charge is 0.395 e. The quantitative estimate of drug-likeness (QED) is 0.771. The molecule has 0 radical (unpaired) electrons. The molecule has 0 aliphatic carbocycles. The van der Waals surface area contributed by atoms with Gasteiger partial charge in [0, 0.05) is 25.6 Å². The smallest absolute Gasteiger partial charge is 0.222 e. The highest BCUT2D eigenvalue weighted by molar-refractivity contribution is 5.76. The Morgan fingerprint density at radius 2 is 2.16 bits per heavy atom. The number of amides is 1. The fraction of sp³-hybridized carbons (Fsp3) is 0.933. The fourth-order valence-electron chi connectivity index (χ4n) is 2.31. The third-order valence-electron chi connectivity index (χ3n) is 4.28. The van der Waals surface area contributed by atoms with E-state index in [-0.39, 0.29) is 17.9 Å². The molecule has 1 aliphatic rings. The summed E-state index contributed by atoms with van der Waals surface area (Å²) < 4.78 is 0. The van der Waals surface area contributed by atoms with Gasteiger partial charge < -0.3 is 15.3 Å². The molecular formula is C15H30N2O2. The SMILES string of the molecule is CC(CC(=O)N(CCO)CC1CCCN1)C(C)(C)C. The van der Waals surface area contributed by atoms with Crippen molar-refractivity contribution in [3.63, 3.8) is 0 Å². The Balaban J connectivity index is 2.51. The zero-order chi connectivity index (χ0) is 14.5. The predicted octanol–water partition coefficient (Wildman–Crippen LogP) is 1.63. The van der Waals surface area contributed by atoms with Gasteiger partial charge in [-0.15, -0.1) is 0 Å². The van der Waals surface area contributed by atoms with Gasteiger partial charge in [-0.05, 0) is 30.7 Å². The number of aliphatic hydroxyl groups is 1. The molecule has 1 heterocycles. The van der Waals surface area contributed by atoms with Gasteiger partial charge in [-0.1, -0.05) is 27.7 Å². The molecule has 0 aromatic rings. The molecule has 1 aliphatic heterocycles. The van der Waals surface area contributed by atoms with Crippen LogP contribution in [-0.4, -0.2) is 48.2 Å². The fourth-order valence-corrected chi connectivity index (χ4v) is 2.31. The van der Waals surface area contributed by atoms with Gasteiger partial charge in [0.15, 0.2) is 0 Å². The Morgan fingerprint density at radius 1 is 1.47 bits per heavy atom. The van der Waals surface area contributed by atoms with Gasteiger partial charge >= 0.3 is 0 Å². The van der Waals surface area contributed by atoms with E-state index in [9.17, 15) is 4.79 Å². The van der Waals surface area contributed by atoms with E-state index in [0.29, 0.717) is 24.9 Å². The van der Waals surface area contributed by atoms with Gasteiger partial charge in [-0.3, -0.25) is 4.79 Å². The molecule has 1 amide bonds. The van der Waals surface area contributed by atoms with Crippen LogP contribution in [-0.2, 0) is 4.79 Å². The second-order valence-corrected chi connectivity index (χ2v) is 6.83. The first-order valence-corrected chi connectivity index (χ1v) is 7.46. The Hall–Kier alpha value is -0.610. The van der Waals surface area contributed by atoms with Crippen LogP contribution in [0.1, 0.15) is 47.0 Å². The minimum Gasteiger partial charge on any atom is -0.395 e. The van der Waals surface area contributed by atoms with Crippen LogP contribution < -0.4 is 5.32 Å². The van der Waals surface area contributed by atoms with Gasteiger partial charge in [-0.25, -0.2) is 0 Å². The van der Waals surface area contributed by atoms with Crippen molar-refractivity contribution in [1.29, 1.82) is 0 Å². The maximum Gasteiger partial charge on any atom is 0.222 e. The first-order valence-electron chi connectivity index (χ1n) is 7.46. The average Bonchev–Trinajstić information content (AvgIpc) is 2.79. The molecule has 112 valence electrons. The van der Waals surface area contributed by atoms with E-state index >= 15 is 0 Å². The van der Waals surface area contributed by atoms with E-state index in [0.717, 1.165) is 19.5 Å². The third kappa shape index (κ3) is 5.49. The van der Waals surface area contributed by atoms with Crippen LogP contribution in [0.15, 0.2) is 0 Å². The summed E-state index contributed by atoms with van der Waals surface area (Å²) in [6.07, 6.45) is 2.88. The van der Waals surface area contributed by atoms with Crippen molar-refractivity contribution in [3.05, 3.63) is 0 Å². The second-order valence-electron chi connectivity index (χ2n) is 6.83. The van der Waals surface area contributed by atoms with Crippen molar-refractivity contribution < 1.29 is 9.90 Å². The van der Waals surface area contributed by atoms with Gasteiger partial charge in [0.2, 0.25) is 5.91 Å². The van der Waals surface area contributed by atoms with Gasteiger partial charge in [0.25, 0.3) is 0 Å².